The zero-order valence-corrected chi connectivity index (χ0v) is 27.2. The number of nitrogens with zero attached hydrogens (tertiary/aromatic N) is 3. The largest absolute Gasteiger partial charge is 0.497 e. The molecular weight excluding hydrogens is 592 g/mol. The lowest BCUT2D eigenvalue weighted by atomic mass is 9.81. The minimum absolute atomic E-state index is 0.0841. The third-order valence-corrected chi connectivity index (χ3v) is 11.1. The highest BCUT2D eigenvalue weighted by Crippen LogP contribution is 2.47. The number of rotatable bonds is 6. The number of carbonyl (C=O) groups excluding carboxylic acids is 2. The maximum Gasteiger partial charge on any atom is 0.303 e. The van der Waals surface area contributed by atoms with Crippen molar-refractivity contribution in [3.63, 3.8) is 0 Å². The molecule has 2 aromatic carbocycles. The van der Waals surface area contributed by atoms with Crippen molar-refractivity contribution in [2.75, 3.05) is 34.3 Å². The summed E-state index contributed by atoms with van der Waals surface area (Å²) in [5.41, 5.74) is 4.91. The maximum atomic E-state index is 14.1. The molecule has 2 aliphatic heterocycles. The zero-order chi connectivity index (χ0) is 32.1. The molecule has 3 aromatic rings. The number of hydrogen-bond donors (Lipinski definition) is 2. The lowest BCUT2D eigenvalue weighted by molar-refractivity contribution is -0.130. The van der Waals surface area contributed by atoms with Gasteiger partial charge in [-0.3, -0.25) is 9.59 Å². The molecule has 3 aliphatic rings. The van der Waals surface area contributed by atoms with Crippen LogP contribution in [0.15, 0.2) is 42.0 Å². The fourth-order valence-corrected chi connectivity index (χ4v) is 7.51. The maximum absolute atomic E-state index is 14.1. The van der Waals surface area contributed by atoms with Crippen LogP contribution < -0.4 is 9.46 Å². The van der Waals surface area contributed by atoms with E-state index in [0.717, 1.165) is 57.7 Å². The number of nitrogens with one attached hydrogen (secondary N) is 1. The van der Waals surface area contributed by atoms with Crippen LogP contribution in [-0.4, -0.2) is 79.0 Å². The van der Waals surface area contributed by atoms with Gasteiger partial charge in [0.2, 0.25) is 0 Å². The highest BCUT2D eigenvalue weighted by atomic mass is 32.2. The van der Waals surface area contributed by atoms with E-state index in [1.165, 1.54) is 26.1 Å². The number of hydrogen-bond acceptors (Lipinski definition) is 6. The van der Waals surface area contributed by atoms with Crippen LogP contribution in [0.3, 0.4) is 0 Å². The van der Waals surface area contributed by atoms with Crippen molar-refractivity contribution in [2.45, 2.75) is 69.9 Å². The number of carbonyl (C=O) groups is 2. The standard InChI is InChI=1S/C34H42N4O6S/c1-34(41)14-16-37(17-15-34)33(40)25-18-24-19-26(44-4)11-13-27(24)31-30(22-8-6-5-7-9-22)28-12-10-23(20-29(28)38(31)21-25)32(39)35-45(42,43)36(2)3/h10-13,18-20,22,41H,5-9,14-17,21H2,1-4H3,(H,35,39). The van der Waals surface area contributed by atoms with Gasteiger partial charge in [0.05, 0.1) is 24.9 Å². The summed E-state index contributed by atoms with van der Waals surface area (Å²) < 4.78 is 35.8. The molecule has 6 rings (SSSR count). The number of likely N-dealkylation sites (tertiary alicyclic amines) is 1. The third kappa shape index (κ3) is 6.01. The zero-order valence-electron chi connectivity index (χ0n) is 26.4. The van der Waals surface area contributed by atoms with E-state index in [1.54, 1.807) is 19.2 Å². The van der Waals surface area contributed by atoms with Crippen LogP contribution in [0, 0.1) is 0 Å². The molecule has 2 N–H and O–H groups in total. The molecule has 0 unspecified atom stereocenters. The second-order valence-corrected chi connectivity index (χ2v) is 14.9. The molecule has 11 heteroatoms. The number of aliphatic hydroxyl groups is 1. The number of amides is 2. The molecule has 1 aromatic heterocycles. The summed E-state index contributed by atoms with van der Waals surface area (Å²) in [5.74, 6) is 0.198. The van der Waals surface area contributed by atoms with Crippen LogP contribution in [0.5, 0.6) is 5.75 Å². The molecule has 2 amide bonds. The van der Waals surface area contributed by atoms with Crippen LogP contribution in [0.1, 0.15) is 79.3 Å². The Bertz CT molecular complexity index is 1790. The van der Waals surface area contributed by atoms with Gasteiger partial charge in [0, 0.05) is 54.8 Å². The normalized spacial score (nSPS) is 18.6. The van der Waals surface area contributed by atoms with Gasteiger partial charge in [0.25, 0.3) is 11.8 Å². The highest BCUT2D eigenvalue weighted by molar-refractivity contribution is 7.87. The Labute approximate surface area is 264 Å². The van der Waals surface area contributed by atoms with Crippen molar-refractivity contribution >= 4 is 39.0 Å². The Morgan fingerprint density at radius 2 is 1.76 bits per heavy atom. The number of benzene rings is 2. The monoisotopic (exact) mass is 634 g/mol. The van der Waals surface area contributed by atoms with Crippen LogP contribution in [0.4, 0.5) is 0 Å². The highest BCUT2D eigenvalue weighted by Gasteiger charge is 2.34. The van der Waals surface area contributed by atoms with Crippen molar-refractivity contribution in [2.24, 2.45) is 0 Å². The summed E-state index contributed by atoms with van der Waals surface area (Å²) in [6.07, 6.45) is 8.54. The van der Waals surface area contributed by atoms with Crippen molar-refractivity contribution in [1.29, 1.82) is 0 Å². The van der Waals surface area contributed by atoms with Crippen LogP contribution in [-0.2, 0) is 21.5 Å². The van der Waals surface area contributed by atoms with E-state index in [1.807, 2.05) is 42.2 Å². The van der Waals surface area contributed by atoms with Gasteiger partial charge in [-0.05, 0) is 86.1 Å². The lowest BCUT2D eigenvalue weighted by Crippen LogP contribution is -2.45. The van der Waals surface area contributed by atoms with Gasteiger partial charge in [-0.1, -0.05) is 25.3 Å². The van der Waals surface area contributed by atoms with Crippen LogP contribution in [0.25, 0.3) is 28.2 Å². The van der Waals surface area contributed by atoms with Gasteiger partial charge < -0.3 is 19.3 Å². The first-order valence-electron chi connectivity index (χ1n) is 15.7. The average Bonchev–Trinajstić information content (AvgIpc) is 3.23. The van der Waals surface area contributed by atoms with Crippen molar-refractivity contribution in [3.05, 3.63) is 58.7 Å². The average molecular weight is 635 g/mol. The molecule has 2 fully saturated rings. The van der Waals surface area contributed by atoms with E-state index in [-0.39, 0.29) is 18.0 Å². The molecule has 10 nitrogen and oxygen atoms in total. The molecule has 0 radical (unpaired) electrons. The fraction of sp³-hybridized carbons (Fsp3) is 0.471. The fourth-order valence-electron chi connectivity index (χ4n) is 6.97. The first-order valence-corrected chi connectivity index (χ1v) is 17.1. The Morgan fingerprint density at radius 1 is 1.04 bits per heavy atom. The van der Waals surface area contributed by atoms with Gasteiger partial charge in [-0.2, -0.15) is 12.7 Å². The third-order valence-electron chi connectivity index (χ3n) is 9.66. The van der Waals surface area contributed by atoms with E-state index in [0.29, 0.717) is 43.2 Å². The summed E-state index contributed by atoms with van der Waals surface area (Å²) in [6, 6.07) is 11.3. The molecule has 1 saturated carbocycles. The van der Waals surface area contributed by atoms with Gasteiger partial charge in [0.1, 0.15) is 5.75 Å². The molecule has 240 valence electrons. The van der Waals surface area contributed by atoms with E-state index in [4.69, 9.17) is 4.74 Å². The molecule has 0 atom stereocenters. The smallest absolute Gasteiger partial charge is 0.303 e. The number of aromatic nitrogens is 1. The second-order valence-electron chi connectivity index (χ2n) is 13.0. The van der Waals surface area contributed by atoms with Gasteiger partial charge >= 0.3 is 10.2 Å². The Morgan fingerprint density at radius 3 is 2.42 bits per heavy atom. The Balaban J connectivity index is 1.54. The first kappa shape index (κ1) is 31.3. The van der Waals surface area contributed by atoms with Gasteiger partial charge in [0.15, 0.2) is 0 Å². The molecule has 45 heavy (non-hydrogen) atoms. The van der Waals surface area contributed by atoms with E-state index in [9.17, 15) is 23.1 Å². The Kier molecular flexibility index (Phi) is 8.30. The minimum Gasteiger partial charge on any atom is -0.497 e. The molecule has 3 heterocycles. The first-order chi connectivity index (χ1) is 21.4. The van der Waals surface area contributed by atoms with Gasteiger partial charge in [-0.15, -0.1) is 0 Å². The molecule has 1 saturated heterocycles. The summed E-state index contributed by atoms with van der Waals surface area (Å²) in [7, 11) is 0.371. The lowest BCUT2D eigenvalue weighted by Gasteiger charge is -2.36. The second kappa shape index (κ2) is 11.9. The molecule has 0 spiro atoms. The molecule has 1 aliphatic carbocycles. The van der Waals surface area contributed by atoms with Crippen molar-refractivity contribution in [3.8, 4) is 17.0 Å². The predicted molar refractivity (Wildman–Crippen MR) is 174 cm³/mol. The number of piperidine rings is 1. The van der Waals surface area contributed by atoms with E-state index in [2.05, 4.69) is 9.29 Å². The quantitative estimate of drug-likeness (QED) is 0.407. The minimum atomic E-state index is -3.98. The summed E-state index contributed by atoms with van der Waals surface area (Å²) in [4.78, 5) is 29.2. The summed E-state index contributed by atoms with van der Waals surface area (Å²) in [5, 5.41) is 11.5. The van der Waals surface area contributed by atoms with Gasteiger partial charge in [-0.25, -0.2) is 4.72 Å². The number of methoxy groups -OCH3 is 1. The van der Waals surface area contributed by atoms with Crippen LogP contribution >= 0.6 is 0 Å². The Hall–Kier alpha value is -3.67. The predicted octanol–water partition coefficient (Wildman–Crippen LogP) is 4.67. The topological polar surface area (TPSA) is 121 Å². The number of fused-ring (bicyclic) bond motifs is 5. The summed E-state index contributed by atoms with van der Waals surface area (Å²) >= 11 is 0. The van der Waals surface area contributed by atoms with E-state index >= 15 is 0 Å². The van der Waals surface area contributed by atoms with Crippen molar-refractivity contribution < 1.29 is 27.9 Å². The SMILES string of the molecule is COc1ccc2c(c1)C=C(C(=O)N1CCC(C)(O)CC1)Cn1c-2c(C2CCCCC2)c2ccc(C(=O)NS(=O)(=O)N(C)C)cc21. The molecule has 0 bridgehead atoms. The molecular formula is C34H42N4O6S. The number of ether oxygens (including phenoxy) is 1. The summed E-state index contributed by atoms with van der Waals surface area (Å²) in [6.45, 7) is 3.02. The van der Waals surface area contributed by atoms with Crippen LogP contribution in [0.2, 0.25) is 0 Å². The van der Waals surface area contributed by atoms with Crippen molar-refractivity contribution in [1.82, 2.24) is 18.5 Å². The van der Waals surface area contributed by atoms with E-state index < -0.39 is 21.7 Å².